The third-order valence-corrected chi connectivity index (χ3v) is 2.43. The van der Waals surface area contributed by atoms with Crippen molar-refractivity contribution >= 4 is 11.8 Å². The number of hydrogen-bond donors (Lipinski definition) is 1. The van der Waals surface area contributed by atoms with E-state index in [9.17, 15) is 9.59 Å². The van der Waals surface area contributed by atoms with E-state index in [2.05, 4.69) is 4.98 Å². The van der Waals surface area contributed by atoms with Crippen molar-refractivity contribution in [3.05, 3.63) is 53.9 Å². The Labute approximate surface area is 109 Å². The van der Waals surface area contributed by atoms with Crippen LogP contribution in [0, 0.1) is 0 Å². The number of Topliss-reactive ketones (excluding diaryl/α,β-unsaturated/α-hetero) is 1. The van der Waals surface area contributed by atoms with Crippen LogP contribution in [0.1, 0.15) is 27.8 Å². The molecule has 0 spiro atoms. The van der Waals surface area contributed by atoms with Crippen molar-refractivity contribution in [2.24, 2.45) is 0 Å². The molecule has 2 rings (SSSR count). The van der Waals surface area contributed by atoms with Crippen LogP contribution in [0.3, 0.4) is 0 Å². The predicted molar refractivity (Wildman–Crippen MR) is 67.7 cm³/mol. The van der Waals surface area contributed by atoms with Crippen molar-refractivity contribution in [3.63, 3.8) is 0 Å². The molecule has 1 aromatic carbocycles. The number of nitrogens with zero attached hydrogens (tertiary/aromatic N) is 1. The van der Waals surface area contributed by atoms with Crippen molar-refractivity contribution in [1.82, 2.24) is 4.98 Å². The van der Waals surface area contributed by atoms with Crippen LogP contribution in [0.4, 0.5) is 0 Å². The highest BCUT2D eigenvalue weighted by Crippen LogP contribution is 2.21. The maximum Gasteiger partial charge on any atom is 0.335 e. The number of hydrogen-bond acceptors (Lipinski definition) is 4. The fourth-order valence-electron chi connectivity index (χ4n) is 1.45. The number of rotatable bonds is 4. The molecule has 5 nitrogen and oxygen atoms in total. The Bertz CT molecular complexity index is 547. The minimum atomic E-state index is -0.987. The number of aromatic carboxylic acids is 1. The zero-order valence-corrected chi connectivity index (χ0v) is 10.2. The molecule has 0 unspecified atom stereocenters. The molecule has 0 amide bonds. The van der Waals surface area contributed by atoms with E-state index in [0.717, 1.165) is 0 Å². The fraction of sp³-hybridized carbons (Fsp3) is 0.0714. The number of aromatic nitrogens is 1. The summed E-state index contributed by atoms with van der Waals surface area (Å²) in [6.45, 7) is 1.44. The Balaban J connectivity index is 2.12. The molecule has 2 aromatic rings. The van der Waals surface area contributed by atoms with Gasteiger partial charge in [-0.3, -0.25) is 4.79 Å². The summed E-state index contributed by atoms with van der Waals surface area (Å²) in [6, 6.07) is 9.23. The molecule has 0 saturated heterocycles. The fourth-order valence-corrected chi connectivity index (χ4v) is 1.45. The Morgan fingerprint density at radius 2 is 1.68 bits per heavy atom. The summed E-state index contributed by atoms with van der Waals surface area (Å²) in [5, 5.41) is 8.77. The number of carboxylic acid groups (broad SMARTS) is 1. The van der Waals surface area contributed by atoms with E-state index >= 15 is 0 Å². The standard InChI is InChI=1S/C14H11NO4/c1-9(16)13-7-6-12(8-15-13)19-11-4-2-10(3-5-11)14(17)18/h2-8H,1H3,(H,17,18). The van der Waals surface area contributed by atoms with Gasteiger partial charge >= 0.3 is 5.97 Å². The molecule has 96 valence electrons. The first-order valence-corrected chi connectivity index (χ1v) is 5.54. The normalized spacial score (nSPS) is 9.95. The van der Waals surface area contributed by atoms with Crippen LogP contribution in [-0.2, 0) is 0 Å². The SMILES string of the molecule is CC(=O)c1ccc(Oc2ccc(C(=O)O)cc2)cn1. The number of carbonyl (C=O) groups excluding carboxylic acids is 1. The molecule has 1 N–H and O–H groups in total. The number of carbonyl (C=O) groups is 2. The van der Waals surface area contributed by atoms with Crippen LogP contribution in [0.5, 0.6) is 11.5 Å². The van der Waals surface area contributed by atoms with Crippen LogP contribution in [-0.4, -0.2) is 21.8 Å². The van der Waals surface area contributed by atoms with Gasteiger partial charge in [-0.25, -0.2) is 9.78 Å². The summed E-state index contributed by atoms with van der Waals surface area (Å²) < 4.78 is 5.48. The number of pyridine rings is 1. The molecular formula is C14H11NO4. The molecule has 0 bridgehead atoms. The number of ether oxygens (including phenoxy) is 1. The van der Waals surface area contributed by atoms with Gasteiger partial charge < -0.3 is 9.84 Å². The zero-order valence-electron chi connectivity index (χ0n) is 10.2. The summed E-state index contributed by atoms with van der Waals surface area (Å²) in [5.74, 6) is -0.119. The van der Waals surface area contributed by atoms with Crippen molar-refractivity contribution in [2.45, 2.75) is 6.92 Å². The highest BCUT2D eigenvalue weighted by molar-refractivity contribution is 5.92. The average molecular weight is 257 g/mol. The first-order valence-electron chi connectivity index (χ1n) is 5.54. The lowest BCUT2D eigenvalue weighted by Crippen LogP contribution is -1.97. The second-order valence-electron chi connectivity index (χ2n) is 3.87. The van der Waals surface area contributed by atoms with Gasteiger partial charge in [-0.05, 0) is 36.4 Å². The van der Waals surface area contributed by atoms with Gasteiger partial charge in [0, 0.05) is 6.92 Å². The molecule has 1 aromatic heterocycles. The lowest BCUT2D eigenvalue weighted by atomic mass is 10.2. The maximum atomic E-state index is 11.1. The van der Waals surface area contributed by atoms with E-state index in [-0.39, 0.29) is 11.3 Å². The molecule has 0 aliphatic rings. The minimum absolute atomic E-state index is 0.114. The number of benzene rings is 1. The van der Waals surface area contributed by atoms with E-state index in [1.165, 1.54) is 25.3 Å². The Morgan fingerprint density at radius 1 is 1.05 bits per heavy atom. The molecule has 0 radical (unpaired) electrons. The van der Waals surface area contributed by atoms with Gasteiger partial charge in [0.05, 0.1) is 11.8 Å². The van der Waals surface area contributed by atoms with Crippen molar-refractivity contribution in [2.75, 3.05) is 0 Å². The first kappa shape index (κ1) is 12.8. The summed E-state index contributed by atoms with van der Waals surface area (Å²) in [5.41, 5.74) is 0.561. The van der Waals surface area contributed by atoms with Crippen LogP contribution in [0.2, 0.25) is 0 Å². The number of carboxylic acids is 1. The van der Waals surface area contributed by atoms with Crippen LogP contribution >= 0.6 is 0 Å². The van der Waals surface area contributed by atoms with Gasteiger partial charge in [0.1, 0.15) is 17.2 Å². The molecule has 5 heteroatoms. The van der Waals surface area contributed by atoms with Gasteiger partial charge in [0.2, 0.25) is 0 Å². The molecule has 19 heavy (non-hydrogen) atoms. The van der Waals surface area contributed by atoms with E-state index in [0.29, 0.717) is 17.2 Å². The second kappa shape index (κ2) is 5.30. The quantitative estimate of drug-likeness (QED) is 0.852. The van der Waals surface area contributed by atoms with Gasteiger partial charge in [-0.2, -0.15) is 0 Å². The summed E-state index contributed by atoms with van der Waals surface area (Å²) >= 11 is 0. The monoisotopic (exact) mass is 257 g/mol. The molecule has 0 fully saturated rings. The Morgan fingerprint density at radius 3 is 2.16 bits per heavy atom. The van der Waals surface area contributed by atoms with E-state index in [4.69, 9.17) is 9.84 Å². The maximum absolute atomic E-state index is 11.1. The largest absolute Gasteiger partial charge is 0.478 e. The lowest BCUT2D eigenvalue weighted by Gasteiger charge is -2.05. The summed E-state index contributed by atoms with van der Waals surface area (Å²) in [7, 11) is 0. The van der Waals surface area contributed by atoms with E-state index in [1.54, 1.807) is 24.3 Å². The highest BCUT2D eigenvalue weighted by atomic mass is 16.5. The summed E-state index contributed by atoms with van der Waals surface area (Å²) in [6.07, 6.45) is 1.45. The number of ketones is 1. The molecule has 0 aliphatic heterocycles. The lowest BCUT2D eigenvalue weighted by molar-refractivity contribution is 0.0696. The molecule has 0 atom stereocenters. The van der Waals surface area contributed by atoms with Crippen molar-refractivity contribution in [3.8, 4) is 11.5 Å². The van der Waals surface area contributed by atoms with Crippen LogP contribution < -0.4 is 4.74 Å². The summed E-state index contributed by atoms with van der Waals surface area (Å²) in [4.78, 5) is 25.7. The van der Waals surface area contributed by atoms with Gasteiger partial charge in [0.15, 0.2) is 5.78 Å². The topological polar surface area (TPSA) is 76.5 Å². The zero-order chi connectivity index (χ0) is 13.8. The third-order valence-electron chi connectivity index (χ3n) is 2.43. The van der Waals surface area contributed by atoms with Gasteiger partial charge in [-0.1, -0.05) is 0 Å². The van der Waals surface area contributed by atoms with Crippen LogP contribution in [0.25, 0.3) is 0 Å². The average Bonchev–Trinajstić information content (AvgIpc) is 2.40. The van der Waals surface area contributed by atoms with Gasteiger partial charge in [0.25, 0.3) is 0 Å². The van der Waals surface area contributed by atoms with Gasteiger partial charge in [-0.15, -0.1) is 0 Å². The Hall–Kier alpha value is -2.69. The Kier molecular flexibility index (Phi) is 3.56. The molecule has 0 saturated carbocycles. The minimum Gasteiger partial charge on any atom is -0.478 e. The predicted octanol–water partition coefficient (Wildman–Crippen LogP) is 2.77. The van der Waals surface area contributed by atoms with E-state index < -0.39 is 5.97 Å². The molecule has 1 heterocycles. The molecule has 0 aliphatic carbocycles. The first-order chi connectivity index (χ1) is 9.06. The second-order valence-corrected chi connectivity index (χ2v) is 3.87. The molecular weight excluding hydrogens is 246 g/mol. The van der Waals surface area contributed by atoms with E-state index in [1.807, 2.05) is 0 Å². The smallest absolute Gasteiger partial charge is 0.335 e. The highest BCUT2D eigenvalue weighted by Gasteiger charge is 2.04. The van der Waals surface area contributed by atoms with Crippen LogP contribution in [0.15, 0.2) is 42.6 Å². The van der Waals surface area contributed by atoms with Crippen molar-refractivity contribution in [1.29, 1.82) is 0 Å². The third kappa shape index (κ3) is 3.16. The van der Waals surface area contributed by atoms with Crippen molar-refractivity contribution < 1.29 is 19.4 Å².